The van der Waals surface area contributed by atoms with Crippen LogP contribution in [0.4, 0.5) is 11.4 Å². The molecular weight excluding hydrogens is 452 g/mol. The number of hydrogen-bond donors (Lipinski definition) is 0. The van der Waals surface area contributed by atoms with Crippen LogP contribution in [0.3, 0.4) is 0 Å². The minimum absolute atomic E-state index is 0. The van der Waals surface area contributed by atoms with E-state index in [0.717, 1.165) is 0 Å². The molecule has 34 heavy (non-hydrogen) atoms. The van der Waals surface area contributed by atoms with Gasteiger partial charge in [0.15, 0.2) is 0 Å². The normalized spacial score (nSPS) is 14.2. The SMILES string of the molecule is Cc1cc(C)c(N2[C]N(c3c(C)cc(C)cc3C)C=C2)c(C)c1.[CH]1[CH][CH][CH][CH]1.[Cr+2].c1cc[cH-]c1. The molecule has 1 fully saturated rings. The van der Waals surface area contributed by atoms with Crippen LogP contribution in [0.1, 0.15) is 33.4 Å². The van der Waals surface area contributed by atoms with Crippen molar-refractivity contribution in [1.29, 1.82) is 0 Å². The molecule has 2 aliphatic rings. The summed E-state index contributed by atoms with van der Waals surface area (Å²) >= 11 is 0. The van der Waals surface area contributed by atoms with Crippen molar-refractivity contribution in [3.63, 3.8) is 0 Å². The molecule has 1 aliphatic carbocycles. The van der Waals surface area contributed by atoms with Gasteiger partial charge in [-0.1, -0.05) is 35.4 Å². The van der Waals surface area contributed by atoms with Crippen molar-refractivity contribution in [3.8, 4) is 0 Å². The van der Waals surface area contributed by atoms with Crippen molar-refractivity contribution in [2.45, 2.75) is 41.5 Å². The molecule has 0 N–H and O–H groups in total. The molecule has 0 saturated heterocycles. The van der Waals surface area contributed by atoms with Crippen LogP contribution >= 0.6 is 0 Å². The van der Waals surface area contributed by atoms with Crippen LogP contribution in [0.2, 0.25) is 0 Å². The molecule has 0 bridgehead atoms. The topological polar surface area (TPSA) is 6.48 Å². The smallest absolute Gasteiger partial charge is 0.315 e. The predicted molar refractivity (Wildman–Crippen MR) is 142 cm³/mol. The summed E-state index contributed by atoms with van der Waals surface area (Å²) < 4.78 is 0. The van der Waals surface area contributed by atoms with Gasteiger partial charge in [-0.3, -0.25) is 0 Å². The molecule has 1 aliphatic heterocycles. The minimum Gasteiger partial charge on any atom is -0.315 e. The zero-order chi connectivity index (χ0) is 23.8. The van der Waals surface area contributed by atoms with Crippen molar-refractivity contribution in [3.05, 3.63) is 139 Å². The Balaban J connectivity index is 0.000000305. The molecule has 3 heteroatoms. The minimum atomic E-state index is 0. The van der Waals surface area contributed by atoms with Crippen LogP contribution in [-0.2, 0) is 17.4 Å². The van der Waals surface area contributed by atoms with Crippen molar-refractivity contribution >= 4 is 11.4 Å². The fraction of sp³-hybridized carbons (Fsp3) is 0.194. The van der Waals surface area contributed by atoms with Gasteiger partial charge in [0.05, 0.1) is 0 Å². The summed E-state index contributed by atoms with van der Waals surface area (Å²) in [5, 5.41) is 0. The van der Waals surface area contributed by atoms with Gasteiger partial charge in [0.1, 0.15) is 0 Å². The molecule has 0 amide bonds. The number of rotatable bonds is 2. The maximum Gasteiger partial charge on any atom is 2.00 e. The van der Waals surface area contributed by atoms with Crippen LogP contribution in [0, 0.1) is 80.3 Å². The third-order valence-electron chi connectivity index (χ3n) is 5.44. The average Bonchev–Trinajstić information content (AvgIpc) is 3.52. The summed E-state index contributed by atoms with van der Waals surface area (Å²) in [4.78, 5) is 4.20. The second-order valence-electron chi connectivity index (χ2n) is 8.56. The first-order chi connectivity index (χ1) is 15.9. The Morgan fingerprint density at radius 2 is 0.882 bits per heavy atom. The van der Waals surface area contributed by atoms with Gasteiger partial charge in [0.25, 0.3) is 0 Å². The summed E-state index contributed by atoms with van der Waals surface area (Å²) in [6.07, 6.45) is 14.2. The fourth-order valence-corrected chi connectivity index (χ4v) is 4.31. The summed E-state index contributed by atoms with van der Waals surface area (Å²) in [6.45, 7) is 16.4. The molecule has 0 unspecified atom stereocenters. The van der Waals surface area contributed by atoms with Gasteiger partial charge in [-0.05, 0) is 95.9 Å². The molecule has 2 nitrogen and oxygen atoms in total. The van der Waals surface area contributed by atoms with E-state index < -0.39 is 0 Å². The summed E-state index contributed by atoms with van der Waals surface area (Å²) in [7, 11) is 0. The Morgan fingerprint density at radius 1 is 0.559 bits per heavy atom. The van der Waals surface area contributed by atoms with Crippen LogP contribution in [0.15, 0.2) is 67.0 Å². The molecule has 0 atom stereocenters. The summed E-state index contributed by atoms with van der Waals surface area (Å²) in [6, 6.07) is 18.9. The van der Waals surface area contributed by atoms with E-state index in [1.54, 1.807) is 0 Å². The largest absolute Gasteiger partial charge is 2.00 e. The first-order valence-corrected chi connectivity index (χ1v) is 11.4. The number of anilines is 2. The number of aryl methyl sites for hydroxylation is 6. The first kappa shape index (κ1) is 27.9. The molecule has 3 aromatic rings. The zero-order valence-corrected chi connectivity index (χ0v) is 22.3. The number of nitrogens with zero attached hydrogens (tertiary/aromatic N) is 2. The van der Waals surface area contributed by atoms with Crippen molar-refractivity contribution in [2.75, 3.05) is 9.80 Å². The van der Waals surface area contributed by atoms with Gasteiger partial charge in [-0.25, -0.2) is 12.1 Å². The fourth-order valence-electron chi connectivity index (χ4n) is 4.31. The molecule has 0 aromatic heterocycles. The van der Waals surface area contributed by atoms with Gasteiger partial charge in [0.2, 0.25) is 6.67 Å². The molecule has 5 rings (SSSR count). The predicted octanol–water partition coefficient (Wildman–Crippen LogP) is 7.76. The van der Waals surface area contributed by atoms with Gasteiger partial charge < -0.3 is 9.80 Å². The van der Waals surface area contributed by atoms with Crippen LogP contribution in [0.5, 0.6) is 0 Å². The van der Waals surface area contributed by atoms with Crippen molar-refractivity contribution < 1.29 is 17.4 Å². The number of hydrogen-bond acceptors (Lipinski definition) is 2. The number of benzene rings is 2. The summed E-state index contributed by atoms with van der Waals surface area (Å²) in [5.74, 6) is 0. The summed E-state index contributed by atoms with van der Waals surface area (Å²) in [5.41, 5.74) is 10.1. The van der Waals surface area contributed by atoms with E-state index in [1.165, 1.54) is 44.8 Å². The van der Waals surface area contributed by atoms with Gasteiger partial charge in [-0.15, -0.1) is 0 Å². The monoisotopic (exact) mass is 486 g/mol. The Hall–Kier alpha value is -2.34. The molecular formula is C31H34CrN2+. The zero-order valence-electron chi connectivity index (χ0n) is 21.0. The van der Waals surface area contributed by atoms with E-state index in [4.69, 9.17) is 0 Å². The van der Waals surface area contributed by atoms with E-state index in [2.05, 4.69) is 94.7 Å². The van der Waals surface area contributed by atoms with E-state index in [0.29, 0.717) is 0 Å². The van der Waals surface area contributed by atoms with Crippen molar-refractivity contribution in [2.24, 2.45) is 0 Å². The van der Waals surface area contributed by atoms with Crippen molar-refractivity contribution in [1.82, 2.24) is 0 Å². The molecule has 1 heterocycles. The van der Waals surface area contributed by atoms with Crippen LogP contribution in [-0.4, -0.2) is 0 Å². The molecule has 173 valence electrons. The van der Waals surface area contributed by atoms with Crippen LogP contribution in [0.25, 0.3) is 0 Å². The van der Waals surface area contributed by atoms with Gasteiger partial charge in [0, 0.05) is 23.8 Å². The average molecular weight is 487 g/mol. The third-order valence-corrected chi connectivity index (χ3v) is 5.44. The van der Waals surface area contributed by atoms with E-state index in [-0.39, 0.29) is 17.4 Å². The van der Waals surface area contributed by atoms with Crippen LogP contribution < -0.4 is 9.80 Å². The van der Waals surface area contributed by atoms with E-state index >= 15 is 0 Å². The standard InChI is InChI=1S/C21H24N2.2C5H5.Cr/c1-14-9-16(3)20(17(4)10-14)22-7-8-23(13-22)21-18(5)11-15(2)12-19(21)6;2*1-2-4-5-3-1;/h7-12H,1-6H3;2*1-5H;/q;;-1;+2. The second kappa shape index (κ2) is 13.5. The third kappa shape index (κ3) is 7.59. The quantitative estimate of drug-likeness (QED) is 0.342. The van der Waals surface area contributed by atoms with Gasteiger partial charge >= 0.3 is 17.4 Å². The second-order valence-corrected chi connectivity index (χ2v) is 8.56. The Kier molecular flexibility index (Phi) is 11.1. The van der Waals surface area contributed by atoms with E-state index in [9.17, 15) is 0 Å². The molecule has 3 aromatic carbocycles. The maximum absolute atomic E-state index is 3.48. The Morgan fingerprint density at radius 3 is 1.15 bits per heavy atom. The first-order valence-electron chi connectivity index (χ1n) is 11.4. The Bertz CT molecular complexity index is 909. The molecule has 7 radical (unpaired) electrons. The maximum atomic E-state index is 3.48. The van der Waals surface area contributed by atoms with E-state index in [1.807, 2.05) is 62.4 Å². The van der Waals surface area contributed by atoms with Gasteiger partial charge in [-0.2, -0.15) is 18.2 Å². The molecule has 0 spiro atoms. The Labute approximate surface area is 218 Å². The molecule has 1 saturated carbocycles.